The molecule has 0 saturated heterocycles. The van der Waals surface area contributed by atoms with Crippen molar-refractivity contribution in [3.8, 4) is 5.69 Å². The van der Waals surface area contributed by atoms with Crippen LogP contribution >= 0.6 is 0 Å². The van der Waals surface area contributed by atoms with Gasteiger partial charge >= 0.3 is 5.97 Å². The van der Waals surface area contributed by atoms with E-state index in [0.717, 1.165) is 0 Å². The van der Waals surface area contributed by atoms with Crippen molar-refractivity contribution in [3.05, 3.63) is 41.2 Å². The van der Waals surface area contributed by atoms with E-state index in [1.807, 2.05) is 0 Å². The number of nitrogens with one attached hydrogen (secondary N) is 1. The lowest BCUT2D eigenvalue weighted by Gasteiger charge is -2.11. The van der Waals surface area contributed by atoms with Gasteiger partial charge in [0.15, 0.2) is 0 Å². The average Bonchev–Trinajstić information content (AvgIpc) is 2.74. The highest BCUT2D eigenvalue weighted by atomic mass is 32.2. The topological polar surface area (TPSA) is 101 Å². The summed E-state index contributed by atoms with van der Waals surface area (Å²) in [5, 5.41) is 13.4. The van der Waals surface area contributed by atoms with Gasteiger partial charge < -0.3 is 5.11 Å². The number of aromatic carboxylic acids is 1. The number of hydrogen-bond acceptors (Lipinski definition) is 4. The standard InChI is InChI=1S/C13H15N3O4S/c1-8-12(13(17)18)9(2)16(15-8)10-6-4-5-7-11(10)21(19,20)14-3/h4-7,14H,1-3H3,(H,17,18). The predicted molar refractivity (Wildman–Crippen MR) is 76.2 cm³/mol. The first-order valence-electron chi connectivity index (χ1n) is 6.12. The number of aromatic nitrogens is 2. The zero-order valence-corrected chi connectivity index (χ0v) is 12.6. The lowest BCUT2D eigenvalue weighted by atomic mass is 10.2. The number of nitrogens with zero attached hydrogens (tertiary/aromatic N) is 2. The Labute approximate surface area is 122 Å². The highest BCUT2D eigenvalue weighted by Gasteiger charge is 2.23. The van der Waals surface area contributed by atoms with E-state index in [-0.39, 0.29) is 10.5 Å². The van der Waals surface area contributed by atoms with Crippen LogP contribution in [0.2, 0.25) is 0 Å². The molecule has 1 aromatic carbocycles. The van der Waals surface area contributed by atoms with Crippen molar-refractivity contribution in [3.63, 3.8) is 0 Å². The van der Waals surface area contributed by atoms with Crippen LogP contribution in [0.4, 0.5) is 0 Å². The van der Waals surface area contributed by atoms with Crippen LogP contribution < -0.4 is 4.72 Å². The van der Waals surface area contributed by atoms with E-state index in [0.29, 0.717) is 17.1 Å². The Balaban J connectivity index is 2.76. The zero-order valence-electron chi connectivity index (χ0n) is 11.8. The molecule has 0 aliphatic rings. The van der Waals surface area contributed by atoms with Crippen LogP contribution in [0.5, 0.6) is 0 Å². The average molecular weight is 309 g/mol. The molecule has 8 heteroatoms. The maximum atomic E-state index is 12.1. The van der Waals surface area contributed by atoms with Crippen molar-refractivity contribution < 1.29 is 18.3 Å². The molecule has 2 aromatic rings. The number of hydrogen-bond donors (Lipinski definition) is 2. The Bertz CT molecular complexity index is 809. The maximum absolute atomic E-state index is 12.1. The third-order valence-electron chi connectivity index (χ3n) is 3.16. The molecule has 0 amide bonds. The van der Waals surface area contributed by atoms with Crippen molar-refractivity contribution in [1.29, 1.82) is 0 Å². The predicted octanol–water partition coefficient (Wildman–Crippen LogP) is 1.10. The number of carbonyl (C=O) groups is 1. The van der Waals surface area contributed by atoms with Gasteiger partial charge in [0.1, 0.15) is 10.5 Å². The smallest absolute Gasteiger partial charge is 0.339 e. The fourth-order valence-corrected chi connectivity index (χ4v) is 3.06. The first-order valence-corrected chi connectivity index (χ1v) is 7.60. The largest absolute Gasteiger partial charge is 0.478 e. The number of carboxylic acids is 1. The highest BCUT2D eigenvalue weighted by molar-refractivity contribution is 7.89. The molecule has 0 aliphatic carbocycles. The molecule has 0 aliphatic heterocycles. The first-order chi connectivity index (χ1) is 9.79. The third kappa shape index (κ3) is 2.55. The van der Waals surface area contributed by atoms with Crippen LogP contribution in [0.15, 0.2) is 29.2 Å². The molecule has 112 valence electrons. The van der Waals surface area contributed by atoms with Gasteiger partial charge in [-0.25, -0.2) is 22.6 Å². The van der Waals surface area contributed by atoms with Crippen LogP contribution in [0, 0.1) is 13.8 Å². The summed E-state index contributed by atoms with van der Waals surface area (Å²) < 4.78 is 27.7. The van der Waals surface area contributed by atoms with E-state index in [9.17, 15) is 18.3 Å². The van der Waals surface area contributed by atoms with E-state index in [1.54, 1.807) is 32.0 Å². The monoisotopic (exact) mass is 309 g/mol. The molecule has 0 saturated carbocycles. The van der Waals surface area contributed by atoms with Crippen molar-refractivity contribution in [2.75, 3.05) is 7.05 Å². The first kappa shape index (κ1) is 15.2. The van der Waals surface area contributed by atoms with Crippen molar-refractivity contribution >= 4 is 16.0 Å². The summed E-state index contributed by atoms with van der Waals surface area (Å²) >= 11 is 0. The minimum atomic E-state index is -3.68. The second-order valence-corrected chi connectivity index (χ2v) is 6.29. The van der Waals surface area contributed by atoms with Crippen LogP contribution in [0.3, 0.4) is 0 Å². The molecule has 0 radical (unpaired) electrons. The summed E-state index contributed by atoms with van der Waals surface area (Å²) in [4.78, 5) is 11.3. The highest BCUT2D eigenvalue weighted by Crippen LogP contribution is 2.23. The van der Waals surface area contributed by atoms with Gasteiger partial charge in [0.2, 0.25) is 10.0 Å². The van der Waals surface area contributed by atoms with Gasteiger partial charge in [-0.1, -0.05) is 12.1 Å². The van der Waals surface area contributed by atoms with Gasteiger partial charge in [-0.3, -0.25) is 0 Å². The molecule has 0 spiro atoms. The normalized spacial score (nSPS) is 11.6. The summed E-state index contributed by atoms with van der Waals surface area (Å²) in [5.41, 5.74) is 1.09. The fourth-order valence-electron chi connectivity index (χ4n) is 2.16. The second kappa shape index (κ2) is 5.30. The number of carboxylic acid groups (broad SMARTS) is 1. The number of para-hydroxylation sites is 1. The molecule has 1 heterocycles. The van der Waals surface area contributed by atoms with Gasteiger partial charge in [0.05, 0.1) is 17.1 Å². The minimum absolute atomic E-state index is 0.0371. The number of aryl methyl sites for hydroxylation is 1. The molecule has 0 bridgehead atoms. The Morgan fingerprint density at radius 1 is 1.29 bits per heavy atom. The summed E-state index contributed by atoms with van der Waals surface area (Å²) in [5.74, 6) is -1.09. The van der Waals surface area contributed by atoms with Crippen molar-refractivity contribution in [2.24, 2.45) is 0 Å². The van der Waals surface area contributed by atoms with E-state index in [2.05, 4.69) is 9.82 Å². The molecule has 1 aromatic heterocycles. The Morgan fingerprint density at radius 3 is 2.43 bits per heavy atom. The van der Waals surface area contributed by atoms with Gasteiger partial charge in [-0.2, -0.15) is 5.10 Å². The summed E-state index contributed by atoms with van der Waals surface area (Å²) in [6.07, 6.45) is 0. The van der Waals surface area contributed by atoms with Gasteiger partial charge in [0, 0.05) is 0 Å². The minimum Gasteiger partial charge on any atom is -0.478 e. The zero-order chi connectivity index (χ0) is 15.8. The molecule has 0 fully saturated rings. The summed E-state index contributed by atoms with van der Waals surface area (Å²) in [6, 6.07) is 6.28. The lowest BCUT2D eigenvalue weighted by molar-refractivity contribution is 0.0695. The van der Waals surface area contributed by atoms with Crippen LogP contribution in [0.1, 0.15) is 21.7 Å². The molecule has 2 N–H and O–H groups in total. The van der Waals surface area contributed by atoms with Crippen LogP contribution in [-0.2, 0) is 10.0 Å². The maximum Gasteiger partial charge on any atom is 0.339 e. The molecular weight excluding hydrogens is 294 g/mol. The van der Waals surface area contributed by atoms with Crippen molar-refractivity contribution in [2.45, 2.75) is 18.7 Å². The second-order valence-electron chi connectivity index (χ2n) is 4.44. The van der Waals surface area contributed by atoms with E-state index in [4.69, 9.17) is 0 Å². The van der Waals surface area contributed by atoms with Crippen LogP contribution in [-0.4, -0.2) is 36.3 Å². The fraction of sp³-hybridized carbons (Fsp3) is 0.231. The summed E-state index contributed by atoms with van der Waals surface area (Å²) in [7, 11) is -2.36. The Morgan fingerprint density at radius 2 is 1.90 bits per heavy atom. The quantitative estimate of drug-likeness (QED) is 0.880. The molecule has 0 unspecified atom stereocenters. The molecule has 7 nitrogen and oxygen atoms in total. The van der Waals surface area contributed by atoms with Crippen LogP contribution in [0.25, 0.3) is 5.69 Å². The van der Waals surface area contributed by atoms with Gasteiger partial charge in [0.25, 0.3) is 0 Å². The number of rotatable bonds is 4. The molecule has 2 rings (SSSR count). The lowest BCUT2D eigenvalue weighted by Crippen LogP contribution is -2.21. The van der Waals surface area contributed by atoms with E-state index >= 15 is 0 Å². The Hall–Kier alpha value is -2.19. The number of sulfonamides is 1. The molecular formula is C13H15N3O4S. The van der Waals surface area contributed by atoms with Gasteiger partial charge in [-0.15, -0.1) is 0 Å². The SMILES string of the molecule is CNS(=O)(=O)c1ccccc1-n1nc(C)c(C(=O)O)c1C. The summed E-state index contributed by atoms with van der Waals surface area (Å²) in [6.45, 7) is 3.16. The molecule has 21 heavy (non-hydrogen) atoms. The van der Waals surface area contributed by atoms with E-state index < -0.39 is 16.0 Å². The van der Waals surface area contributed by atoms with E-state index in [1.165, 1.54) is 17.8 Å². The number of benzene rings is 1. The third-order valence-corrected chi connectivity index (χ3v) is 4.62. The Kier molecular flexibility index (Phi) is 3.84. The van der Waals surface area contributed by atoms with Crippen molar-refractivity contribution in [1.82, 2.24) is 14.5 Å². The van der Waals surface area contributed by atoms with Gasteiger partial charge in [-0.05, 0) is 33.0 Å². The molecule has 0 atom stereocenters.